The largest absolute Gasteiger partial charge is 0.364 e. The molecule has 26 heavy (non-hydrogen) atoms. The van der Waals surface area contributed by atoms with Crippen molar-refractivity contribution in [3.63, 3.8) is 0 Å². The van der Waals surface area contributed by atoms with Crippen LogP contribution < -0.4 is 5.73 Å². The Balaban J connectivity index is 1.28. The van der Waals surface area contributed by atoms with Gasteiger partial charge in [-0.2, -0.15) is 0 Å². The van der Waals surface area contributed by atoms with Crippen LogP contribution in [0.4, 0.5) is 0 Å². The molecule has 2 heterocycles. The van der Waals surface area contributed by atoms with Gasteiger partial charge in [-0.3, -0.25) is 9.59 Å². The third-order valence-corrected chi connectivity index (χ3v) is 5.66. The summed E-state index contributed by atoms with van der Waals surface area (Å²) in [4.78, 5) is 25.7. The van der Waals surface area contributed by atoms with Crippen LogP contribution in [0, 0.1) is 5.92 Å². The van der Waals surface area contributed by atoms with Crippen molar-refractivity contribution in [2.75, 3.05) is 13.1 Å². The first-order valence-corrected chi connectivity index (χ1v) is 9.17. The highest BCUT2D eigenvalue weighted by Crippen LogP contribution is 2.37. The molecule has 4 rings (SSSR count). The number of nitrogens with two attached hydrogens (primary N) is 1. The van der Waals surface area contributed by atoms with Crippen molar-refractivity contribution in [2.45, 2.75) is 37.6 Å². The molecule has 2 amide bonds. The molecule has 2 aliphatic rings. The van der Waals surface area contributed by atoms with E-state index >= 15 is 0 Å². The Morgan fingerprint density at radius 2 is 1.73 bits per heavy atom. The molecule has 0 bridgehead atoms. The quantitative estimate of drug-likeness (QED) is 0.906. The number of rotatable bonds is 4. The molecule has 1 saturated heterocycles. The topological polar surface area (TPSA) is 94.1 Å². The molecule has 7 heteroatoms. The van der Waals surface area contributed by atoms with Crippen LogP contribution in [0.25, 0.3) is 0 Å². The Hall–Kier alpha value is -2.70. The van der Waals surface area contributed by atoms with E-state index in [1.807, 2.05) is 11.0 Å². The standard InChI is InChI=1S/C19H23N5O2/c20-18(25)17-12-24(22-21-17)16-10-23(11-16)19(26)15-8-6-14(7-9-15)13-4-2-1-3-5-13/h1-5,12,14-16H,6-11H2,(H2,20,25). The van der Waals surface area contributed by atoms with Crippen LogP contribution in [0.2, 0.25) is 0 Å². The van der Waals surface area contributed by atoms with Gasteiger partial charge in [0.05, 0.1) is 12.2 Å². The van der Waals surface area contributed by atoms with Crippen molar-refractivity contribution >= 4 is 11.8 Å². The van der Waals surface area contributed by atoms with E-state index < -0.39 is 5.91 Å². The van der Waals surface area contributed by atoms with E-state index in [0.29, 0.717) is 19.0 Å². The zero-order valence-corrected chi connectivity index (χ0v) is 14.6. The van der Waals surface area contributed by atoms with Crippen molar-refractivity contribution in [2.24, 2.45) is 11.7 Å². The normalized spacial score (nSPS) is 23.5. The molecule has 1 aliphatic carbocycles. The summed E-state index contributed by atoms with van der Waals surface area (Å²) >= 11 is 0. The molecule has 2 N–H and O–H groups in total. The van der Waals surface area contributed by atoms with Crippen LogP contribution in [0.5, 0.6) is 0 Å². The second-order valence-corrected chi connectivity index (χ2v) is 7.30. The molecule has 0 spiro atoms. The molecule has 1 aromatic heterocycles. The smallest absolute Gasteiger partial charge is 0.270 e. The number of nitrogens with zero attached hydrogens (tertiary/aromatic N) is 4. The van der Waals surface area contributed by atoms with Crippen LogP contribution in [-0.2, 0) is 4.79 Å². The third kappa shape index (κ3) is 3.21. The number of hydrogen-bond donors (Lipinski definition) is 1. The van der Waals surface area contributed by atoms with E-state index in [4.69, 9.17) is 5.73 Å². The number of likely N-dealkylation sites (tertiary alicyclic amines) is 1. The summed E-state index contributed by atoms with van der Waals surface area (Å²) in [6.07, 6.45) is 5.61. The summed E-state index contributed by atoms with van der Waals surface area (Å²) in [5, 5.41) is 7.69. The minimum atomic E-state index is -0.585. The molecule has 1 saturated carbocycles. The zero-order valence-electron chi connectivity index (χ0n) is 14.6. The number of hydrogen-bond acceptors (Lipinski definition) is 4. The monoisotopic (exact) mass is 353 g/mol. The lowest BCUT2D eigenvalue weighted by Gasteiger charge is -2.41. The molecule has 2 fully saturated rings. The van der Waals surface area contributed by atoms with Gasteiger partial charge in [0.25, 0.3) is 5.91 Å². The third-order valence-electron chi connectivity index (χ3n) is 5.66. The van der Waals surface area contributed by atoms with Crippen LogP contribution >= 0.6 is 0 Å². The Labute approximate surface area is 152 Å². The molecule has 1 aliphatic heterocycles. The van der Waals surface area contributed by atoms with E-state index in [1.165, 1.54) is 5.56 Å². The first kappa shape index (κ1) is 16.8. The lowest BCUT2D eigenvalue weighted by molar-refractivity contribution is -0.142. The summed E-state index contributed by atoms with van der Waals surface area (Å²) in [6, 6.07) is 10.7. The SMILES string of the molecule is NC(=O)c1cn(C2CN(C(=O)C3CCC(c4ccccc4)CC3)C2)nn1. The first-order chi connectivity index (χ1) is 12.6. The van der Waals surface area contributed by atoms with E-state index in [9.17, 15) is 9.59 Å². The summed E-state index contributed by atoms with van der Waals surface area (Å²) < 4.78 is 1.64. The summed E-state index contributed by atoms with van der Waals surface area (Å²) in [7, 11) is 0. The fourth-order valence-corrected chi connectivity index (χ4v) is 4.03. The summed E-state index contributed by atoms with van der Waals surface area (Å²) in [5.41, 5.74) is 6.74. The maximum atomic E-state index is 12.7. The van der Waals surface area contributed by atoms with Crippen LogP contribution in [0.15, 0.2) is 36.5 Å². The fraction of sp³-hybridized carbons (Fsp3) is 0.474. The number of amides is 2. The Bertz CT molecular complexity index is 789. The van der Waals surface area contributed by atoms with Crippen LogP contribution in [-0.4, -0.2) is 44.8 Å². The Morgan fingerprint density at radius 1 is 1.04 bits per heavy atom. The minimum absolute atomic E-state index is 0.0835. The number of benzene rings is 1. The predicted molar refractivity (Wildman–Crippen MR) is 95.3 cm³/mol. The molecular formula is C19H23N5O2. The summed E-state index contributed by atoms with van der Waals surface area (Å²) in [5.74, 6) is 0.376. The van der Waals surface area contributed by atoms with Gasteiger partial charge in [-0.1, -0.05) is 35.5 Å². The second-order valence-electron chi connectivity index (χ2n) is 7.30. The van der Waals surface area contributed by atoms with E-state index in [1.54, 1.807) is 10.9 Å². The molecule has 0 unspecified atom stereocenters. The Kier molecular flexibility index (Phi) is 4.44. The van der Waals surface area contributed by atoms with Crippen molar-refractivity contribution in [1.29, 1.82) is 0 Å². The van der Waals surface area contributed by atoms with Crippen LogP contribution in [0.1, 0.15) is 53.7 Å². The summed E-state index contributed by atoms with van der Waals surface area (Å²) in [6.45, 7) is 1.25. The van der Waals surface area contributed by atoms with Gasteiger partial charge < -0.3 is 10.6 Å². The molecule has 2 aromatic rings. The highest BCUT2D eigenvalue weighted by molar-refractivity contribution is 5.90. The van der Waals surface area contributed by atoms with Crippen molar-refractivity contribution < 1.29 is 9.59 Å². The lowest BCUT2D eigenvalue weighted by Crippen LogP contribution is -2.53. The van der Waals surface area contributed by atoms with Gasteiger partial charge in [-0.05, 0) is 37.2 Å². The minimum Gasteiger partial charge on any atom is -0.364 e. The fourth-order valence-electron chi connectivity index (χ4n) is 4.03. The van der Waals surface area contributed by atoms with Gasteiger partial charge in [0.15, 0.2) is 5.69 Å². The van der Waals surface area contributed by atoms with Gasteiger partial charge in [0.1, 0.15) is 0 Å². The van der Waals surface area contributed by atoms with Crippen molar-refractivity contribution in [3.8, 4) is 0 Å². The van der Waals surface area contributed by atoms with Gasteiger partial charge in [-0.15, -0.1) is 5.10 Å². The molecule has 136 valence electrons. The van der Waals surface area contributed by atoms with E-state index in [2.05, 4.69) is 34.6 Å². The number of carbonyl (C=O) groups is 2. The zero-order chi connectivity index (χ0) is 18.1. The van der Waals surface area contributed by atoms with Crippen molar-refractivity contribution in [3.05, 3.63) is 47.8 Å². The average Bonchev–Trinajstić information content (AvgIpc) is 3.11. The highest BCUT2D eigenvalue weighted by atomic mass is 16.2. The van der Waals surface area contributed by atoms with Gasteiger partial charge in [0.2, 0.25) is 5.91 Å². The predicted octanol–water partition coefficient (Wildman–Crippen LogP) is 1.73. The van der Waals surface area contributed by atoms with E-state index in [0.717, 1.165) is 25.7 Å². The highest BCUT2D eigenvalue weighted by Gasteiger charge is 2.37. The Morgan fingerprint density at radius 3 is 2.35 bits per heavy atom. The van der Waals surface area contributed by atoms with Crippen LogP contribution in [0.3, 0.4) is 0 Å². The number of primary amides is 1. The first-order valence-electron chi connectivity index (χ1n) is 9.17. The second kappa shape index (κ2) is 6.90. The maximum absolute atomic E-state index is 12.7. The maximum Gasteiger partial charge on any atom is 0.270 e. The van der Waals surface area contributed by atoms with Gasteiger partial charge >= 0.3 is 0 Å². The molecule has 1 aromatic carbocycles. The number of carbonyl (C=O) groups excluding carboxylic acids is 2. The van der Waals surface area contributed by atoms with Gasteiger partial charge in [-0.25, -0.2) is 4.68 Å². The lowest BCUT2D eigenvalue weighted by atomic mass is 9.78. The molecule has 7 nitrogen and oxygen atoms in total. The molecule has 0 radical (unpaired) electrons. The molecule has 0 atom stereocenters. The van der Waals surface area contributed by atoms with Crippen molar-refractivity contribution in [1.82, 2.24) is 19.9 Å². The van der Waals surface area contributed by atoms with Gasteiger partial charge in [0, 0.05) is 19.0 Å². The van der Waals surface area contributed by atoms with E-state index in [-0.39, 0.29) is 23.6 Å². The average molecular weight is 353 g/mol. The molecular weight excluding hydrogens is 330 g/mol. The number of aromatic nitrogens is 3.